The van der Waals surface area contributed by atoms with Crippen molar-refractivity contribution in [2.45, 2.75) is 26.3 Å². The molecule has 0 aliphatic heterocycles. The Bertz CT molecular complexity index is 666. The predicted molar refractivity (Wildman–Crippen MR) is 87.0 cm³/mol. The molecule has 0 aliphatic rings. The molecule has 3 amide bonds. The Balaban J connectivity index is 2.00. The largest absolute Gasteiger partial charge is 0.351 e. The molecule has 0 bridgehead atoms. The Morgan fingerprint density at radius 1 is 1.32 bits per heavy atom. The Kier molecular flexibility index (Phi) is 5.11. The monoisotopic (exact) mass is 318 g/mol. The molecule has 4 N–H and O–H groups in total. The number of thiazole rings is 1. The van der Waals surface area contributed by atoms with Crippen LogP contribution in [0.3, 0.4) is 0 Å². The van der Waals surface area contributed by atoms with E-state index < -0.39 is 6.03 Å². The second-order valence-electron chi connectivity index (χ2n) is 4.78. The number of primary amides is 1. The lowest BCUT2D eigenvalue weighted by molar-refractivity contribution is 0.0944. The van der Waals surface area contributed by atoms with E-state index in [-0.39, 0.29) is 11.9 Å². The van der Waals surface area contributed by atoms with E-state index in [0.29, 0.717) is 10.6 Å². The summed E-state index contributed by atoms with van der Waals surface area (Å²) < 4.78 is 0. The number of hydrogen-bond donors (Lipinski definition) is 3. The standard InChI is InChI=1S/C15H18N4O2S/c1-3-13-17-8-12(22-13)14(20)18-9(2)10-4-6-11(7-5-10)19-15(16)21/h4-9H,3H2,1-2H3,(H,18,20)(H3,16,19,21). The minimum absolute atomic E-state index is 0.135. The summed E-state index contributed by atoms with van der Waals surface area (Å²) in [4.78, 5) is 27.7. The van der Waals surface area contributed by atoms with Crippen LogP contribution >= 0.6 is 11.3 Å². The van der Waals surface area contributed by atoms with Crippen LogP contribution in [0.15, 0.2) is 30.5 Å². The molecule has 0 fully saturated rings. The van der Waals surface area contributed by atoms with Gasteiger partial charge in [-0.3, -0.25) is 4.79 Å². The number of amides is 3. The average Bonchev–Trinajstić information content (AvgIpc) is 2.96. The molecule has 1 aromatic carbocycles. The number of nitrogens with zero attached hydrogens (tertiary/aromatic N) is 1. The minimum Gasteiger partial charge on any atom is -0.351 e. The predicted octanol–water partition coefficient (Wildman–Crippen LogP) is 2.69. The number of hydrogen-bond acceptors (Lipinski definition) is 4. The molecule has 7 heteroatoms. The van der Waals surface area contributed by atoms with Gasteiger partial charge in [-0.05, 0) is 31.0 Å². The molecule has 1 atom stereocenters. The molecule has 2 rings (SSSR count). The molecule has 0 aliphatic carbocycles. The Morgan fingerprint density at radius 2 is 2.00 bits per heavy atom. The summed E-state index contributed by atoms with van der Waals surface area (Å²) in [6, 6.07) is 6.39. The SMILES string of the molecule is CCc1ncc(C(=O)NC(C)c2ccc(NC(N)=O)cc2)s1. The average molecular weight is 318 g/mol. The number of nitrogens with one attached hydrogen (secondary N) is 2. The first-order chi connectivity index (χ1) is 10.5. The Hall–Kier alpha value is -2.41. The normalized spacial score (nSPS) is 11.7. The number of rotatable bonds is 5. The van der Waals surface area contributed by atoms with Gasteiger partial charge in [0.25, 0.3) is 5.91 Å². The maximum absolute atomic E-state index is 12.2. The molecule has 1 aromatic heterocycles. The number of urea groups is 1. The van der Waals surface area contributed by atoms with E-state index >= 15 is 0 Å². The summed E-state index contributed by atoms with van der Waals surface area (Å²) in [6.07, 6.45) is 2.42. The van der Waals surface area contributed by atoms with Crippen LogP contribution in [0.2, 0.25) is 0 Å². The van der Waals surface area contributed by atoms with Crippen molar-refractivity contribution in [2.75, 3.05) is 5.32 Å². The van der Waals surface area contributed by atoms with Gasteiger partial charge in [0, 0.05) is 5.69 Å². The number of carbonyl (C=O) groups is 2. The van der Waals surface area contributed by atoms with E-state index in [4.69, 9.17) is 5.73 Å². The summed E-state index contributed by atoms with van der Waals surface area (Å²) in [6.45, 7) is 3.90. The van der Waals surface area contributed by atoms with Gasteiger partial charge in [-0.2, -0.15) is 0 Å². The molecule has 6 nitrogen and oxygen atoms in total. The summed E-state index contributed by atoms with van der Waals surface area (Å²) in [7, 11) is 0. The van der Waals surface area contributed by atoms with Gasteiger partial charge in [-0.25, -0.2) is 9.78 Å². The summed E-state index contributed by atoms with van der Waals surface area (Å²) in [5, 5.41) is 6.37. The number of nitrogens with two attached hydrogens (primary N) is 1. The molecular formula is C15H18N4O2S. The van der Waals surface area contributed by atoms with Crippen molar-refractivity contribution in [3.05, 3.63) is 45.9 Å². The number of benzene rings is 1. The van der Waals surface area contributed by atoms with E-state index in [9.17, 15) is 9.59 Å². The third-order valence-corrected chi connectivity index (χ3v) is 4.25. The molecule has 0 spiro atoms. The molecule has 0 radical (unpaired) electrons. The molecule has 22 heavy (non-hydrogen) atoms. The zero-order valence-corrected chi connectivity index (χ0v) is 13.2. The van der Waals surface area contributed by atoms with Gasteiger partial charge in [-0.15, -0.1) is 11.3 Å². The first-order valence-electron chi connectivity index (χ1n) is 6.91. The fraction of sp³-hybridized carbons (Fsp3) is 0.267. The molecule has 1 unspecified atom stereocenters. The van der Waals surface area contributed by atoms with Crippen molar-refractivity contribution in [3.63, 3.8) is 0 Å². The summed E-state index contributed by atoms with van der Waals surface area (Å²) >= 11 is 1.40. The van der Waals surface area contributed by atoms with E-state index in [2.05, 4.69) is 15.6 Å². The zero-order chi connectivity index (χ0) is 16.1. The molecule has 1 heterocycles. The molecular weight excluding hydrogens is 300 g/mol. The van der Waals surface area contributed by atoms with Crippen molar-refractivity contribution in [1.82, 2.24) is 10.3 Å². The Morgan fingerprint density at radius 3 is 2.55 bits per heavy atom. The van der Waals surface area contributed by atoms with Crippen molar-refractivity contribution >= 4 is 29.0 Å². The fourth-order valence-electron chi connectivity index (χ4n) is 1.93. The van der Waals surface area contributed by atoms with E-state index in [1.807, 2.05) is 26.0 Å². The van der Waals surface area contributed by atoms with Gasteiger partial charge < -0.3 is 16.4 Å². The lowest BCUT2D eigenvalue weighted by Crippen LogP contribution is -2.26. The summed E-state index contributed by atoms with van der Waals surface area (Å²) in [5.41, 5.74) is 6.60. The highest BCUT2D eigenvalue weighted by atomic mass is 32.1. The van der Waals surface area contributed by atoms with Crippen LogP contribution in [0.1, 0.15) is 40.1 Å². The number of aryl methyl sites for hydroxylation is 1. The smallest absolute Gasteiger partial charge is 0.316 e. The molecule has 0 saturated carbocycles. The van der Waals surface area contributed by atoms with Crippen molar-refractivity contribution < 1.29 is 9.59 Å². The van der Waals surface area contributed by atoms with Crippen LogP contribution in [0, 0.1) is 0 Å². The highest BCUT2D eigenvalue weighted by Gasteiger charge is 2.14. The van der Waals surface area contributed by atoms with Crippen LogP contribution in [-0.4, -0.2) is 16.9 Å². The molecule has 0 saturated heterocycles. The van der Waals surface area contributed by atoms with Gasteiger partial charge in [-0.1, -0.05) is 19.1 Å². The van der Waals surface area contributed by atoms with Crippen molar-refractivity contribution in [3.8, 4) is 0 Å². The number of carbonyl (C=O) groups excluding carboxylic acids is 2. The van der Waals surface area contributed by atoms with Gasteiger partial charge in [0.1, 0.15) is 4.88 Å². The third kappa shape index (κ3) is 4.05. The van der Waals surface area contributed by atoms with Crippen LogP contribution in [0.5, 0.6) is 0 Å². The minimum atomic E-state index is -0.606. The van der Waals surface area contributed by atoms with Crippen molar-refractivity contribution in [1.29, 1.82) is 0 Å². The van der Waals surface area contributed by atoms with Crippen LogP contribution < -0.4 is 16.4 Å². The van der Waals surface area contributed by atoms with Gasteiger partial charge in [0.05, 0.1) is 17.2 Å². The molecule has 116 valence electrons. The van der Waals surface area contributed by atoms with Crippen LogP contribution in [0.4, 0.5) is 10.5 Å². The fourth-order valence-corrected chi connectivity index (χ4v) is 2.69. The van der Waals surface area contributed by atoms with E-state index in [1.54, 1.807) is 18.3 Å². The first-order valence-corrected chi connectivity index (χ1v) is 7.73. The third-order valence-electron chi connectivity index (χ3n) is 3.11. The topological polar surface area (TPSA) is 97.1 Å². The van der Waals surface area contributed by atoms with Gasteiger partial charge in [0.2, 0.25) is 0 Å². The van der Waals surface area contributed by atoms with E-state index in [0.717, 1.165) is 17.0 Å². The van der Waals surface area contributed by atoms with Crippen LogP contribution in [0.25, 0.3) is 0 Å². The highest BCUT2D eigenvalue weighted by molar-refractivity contribution is 7.13. The quantitative estimate of drug-likeness (QED) is 0.790. The van der Waals surface area contributed by atoms with Gasteiger partial charge in [0.15, 0.2) is 0 Å². The lowest BCUT2D eigenvalue weighted by Gasteiger charge is -2.14. The van der Waals surface area contributed by atoms with Gasteiger partial charge >= 0.3 is 6.03 Å². The maximum Gasteiger partial charge on any atom is 0.316 e. The number of anilines is 1. The Labute approximate surface area is 132 Å². The second-order valence-corrected chi connectivity index (χ2v) is 5.89. The maximum atomic E-state index is 12.2. The van der Waals surface area contributed by atoms with Crippen molar-refractivity contribution in [2.24, 2.45) is 5.73 Å². The number of aromatic nitrogens is 1. The van der Waals surface area contributed by atoms with Crippen LogP contribution in [-0.2, 0) is 6.42 Å². The molecule has 2 aromatic rings. The zero-order valence-electron chi connectivity index (χ0n) is 12.4. The second kappa shape index (κ2) is 7.04. The van der Waals surface area contributed by atoms with E-state index in [1.165, 1.54) is 11.3 Å². The first kappa shape index (κ1) is 16.0. The highest BCUT2D eigenvalue weighted by Crippen LogP contribution is 2.18. The lowest BCUT2D eigenvalue weighted by atomic mass is 10.1. The summed E-state index contributed by atoms with van der Waals surface area (Å²) in [5.74, 6) is -0.135.